The minimum Gasteiger partial charge on any atom is -0.374 e. The fourth-order valence-electron chi connectivity index (χ4n) is 3.10. The van der Waals surface area contributed by atoms with Crippen molar-refractivity contribution in [3.63, 3.8) is 0 Å². The van der Waals surface area contributed by atoms with Gasteiger partial charge in [0.05, 0.1) is 29.7 Å². The number of aryl methyl sites for hydroxylation is 1. The van der Waals surface area contributed by atoms with Crippen LogP contribution in [0, 0.1) is 12.7 Å². The molecule has 7 nitrogen and oxygen atoms in total. The van der Waals surface area contributed by atoms with Gasteiger partial charge in [-0.25, -0.2) is 19.2 Å². The molecule has 0 bridgehead atoms. The number of aromatic amines is 1. The van der Waals surface area contributed by atoms with E-state index in [0.29, 0.717) is 11.4 Å². The lowest BCUT2D eigenvalue weighted by molar-refractivity contribution is -0.265. The van der Waals surface area contributed by atoms with E-state index in [0.717, 1.165) is 24.4 Å². The number of nitrogens with one attached hydrogen (secondary N) is 3. The van der Waals surface area contributed by atoms with E-state index in [9.17, 15) is 27.5 Å². The molecule has 0 aliphatic heterocycles. The second kappa shape index (κ2) is 9.32. The summed E-state index contributed by atoms with van der Waals surface area (Å²) in [5.74, 6) is -1.03. The second-order valence-electron chi connectivity index (χ2n) is 8.28. The van der Waals surface area contributed by atoms with E-state index >= 15 is 0 Å². The van der Waals surface area contributed by atoms with E-state index in [1.165, 1.54) is 18.2 Å². The highest BCUT2D eigenvalue weighted by Gasteiger charge is 2.56. The lowest BCUT2D eigenvalue weighted by Gasteiger charge is -2.32. The Kier molecular flexibility index (Phi) is 7.02. The summed E-state index contributed by atoms with van der Waals surface area (Å²) in [5.41, 5.74) is -4.78. The normalized spacial score (nSPS) is 14.0. The monoisotopic (exact) mass is 499 g/mol. The lowest BCUT2D eigenvalue weighted by atomic mass is 9.89. The smallest absolute Gasteiger partial charge is 0.374 e. The van der Waals surface area contributed by atoms with Crippen LogP contribution in [-0.4, -0.2) is 38.7 Å². The number of H-pyrrole nitrogens is 1. The first kappa shape index (κ1) is 25.6. The van der Waals surface area contributed by atoms with Crippen LogP contribution in [0.3, 0.4) is 0 Å². The van der Waals surface area contributed by atoms with Gasteiger partial charge in [0.25, 0.3) is 5.91 Å². The minimum atomic E-state index is -5.21. The zero-order chi connectivity index (χ0) is 25.3. The number of carbonyl (C=O) groups is 1. The Morgan fingerprint density at radius 3 is 2.35 bits per heavy atom. The molecule has 0 aliphatic rings. The lowest BCUT2D eigenvalue weighted by Crippen LogP contribution is -2.51. The van der Waals surface area contributed by atoms with Gasteiger partial charge in [-0.3, -0.25) is 4.79 Å². The van der Waals surface area contributed by atoms with Crippen LogP contribution in [0.5, 0.6) is 0 Å². The Labute approximate surface area is 197 Å². The van der Waals surface area contributed by atoms with Gasteiger partial charge < -0.3 is 15.4 Å². The Morgan fingerprint density at radius 1 is 1.18 bits per heavy atom. The SMILES string of the molecule is Cc1ncc(C(=O)NCC(O)(c2cc(C(C)(C)NCl)cc(-c3ccc(F)cc3)n2)C(F)(F)F)[nH]1. The minimum absolute atomic E-state index is 0.0469. The predicted octanol–water partition coefficient (Wildman–Crippen LogP) is 4.08. The molecule has 0 saturated carbocycles. The molecule has 0 aliphatic carbocycles. The molecule has 182 valence electrons. The molecule has 1 aromatic carbocycles. The number of halogens is 5. The summed E-state index contributed by atoms with van der Waals surface area (Å²) in [6.07, 6.45) is -4.05. The average molecular weight is 500 g/mol. The molecule has 0 radical (unpaired) electrons. The number of carbonyl (C=O) groups excluding carboxylic acids is 1. The Hall–Kier alpha value is -3.02. The van der Waals surface area contributed by atoms with Crippen molar-refractivity contribution in [3.8, 4) is 11.3 Å². The van der Waals surface area contributed by atoms with Crippen LogP contribution < -0.4 is 10.2 Å². The quantitative estimate of drug-likeness (QED) is 0.290. The van der Waals surface area contributed by atoms with Crippen LogP contribution in [-0.2, 0) is 11.1 Å². The molecule has 0 saturated heterocycles. The van der Waals surface area contributed by atoms with Gasteiger partial charge in [0, 0.05) is 5.56 Å². The van der Waals surface area contributed by atoms with E-state index < -0.39 is 41.3 Å². The maximum Gasteiger partial charge on any atom is 0.424 e. The fourth-order valence-corrected chi connectivity index (χ4v) is 3.21. The number of aromatic nitrogens is 3. The first-order valence-electron chi connectivity index (χ1n) is 10.0. The van der Waals surface area contributed by atoms with Crippen molar-refractivity contribution in [2.45, 2.75) is 38.1 Å². The number of benzene rings is 1. The number of hydrogen-bond donors (Lipinski definition) is 4. The van der Waals surface area contributed by atoms with Gasteiger partial charge in [0.1, 0.15) is 17.3 Å². The largest absolute Gasteiger partial charge is 0.424 e. The van der Waals surface area contributed by atoms with E-state index in [-0.39, 0.29) is 17.0 Å². The van der Waals surface area contributed by atoms with E-state index in [4.69, 9.17) is 11.8 Å². The Morgan fingerprint density at radius 2 is 1.82 bits per heavy atom. The van der Waals surface area contributed by atoms with Crippen LogP contribution in [0.15, 0.2) is 42.6 Å². The van der Waals surface area contributed by atoms with Gasteiger partial charge in [-0.1, -0.05) is 0 Å². The van der Waals surface area contributed by atoms with Crippen molar-refractivity contribution in [2.24, 2.45) is 0 Å². The zero-order valence-corrected chi connectivity index (χ0v) is 19.1. The topological polar surface area (TPSA) is 103 Å². The van der Waals surface area contributed by atoms with Gasteiger partial charge in [0.15, 0.2) is 0 Å². The van der Waals surface area contributed by atoms with Gasteiger partial charge in [-0.15, -0.1) is 0 Å². The average Bonchev–Trinajstić information content (AvgIpc) is 3.23. The first-order chi connectivity index (χ1) is 15.8. The number of rotatable bonds is 7. The molecule has 12 heteroatoms. The highest BCUT2D eigenvalue weighted by molar-refractivity contribution is 6.13. The third-order valence-electron chi connectivity index (χ3n) is 5.27. The third kappa shape index (κ3) is 5.21. The van der Waals surface area contributed by atoms with Crippen molar-refractivity contribution in [1.82, 2.24) is 25.1 Å². The summed E-state index contributed by atoms with van der Waals surface area (Å²) >= 11 is 5.80. The van der Waals surface area contributed by atoms with Crippen LogP contribution in [0.2, 0.25) is 0 Å². The zero-order valence-electron chi connectivity index (χ0n) is 18.4. The van der Waals surface area contributed by atoms with Crippen molar-refractivity contribution >= 4 is 17.7 Å². The summed E-state index contributed by atoms with van der Waals surface area (Å²) in [4.78, 5) is 25.3. The number of imidazole rings is 1. The molecule has 1 atom stereocenters. The summed E-state index contributed by atoms with van der Waals surface area (Å²) < 4.78 is 56.0. The molecule has 3 aromatic rings. The van der Waals surface area contributed by atoms with Crippen LogP contribution in [0.1, 0.15) is 41.4 Å². The summed E-state index contributed by atoms with van der Waals surface area (Å²) in [5, 5.41) is 12.9. The molecular weight excluding hydrogens is 478 g/mol. The number of alkyl halides is 3. The molecule has 1 unspecified atom stereocenters. The van der Waals surface area contributed by atoms with Gasteiger partial charge >= 0.3 is 6.18 Å². The molecular formula is C22H22ClF4N5O2. The predicted molar refractivity (Wildman–Crippen MR) is 117 cm³/mol. The van der Waals surface area contributed by atoms with Gasteiger partial charge in [-0.05, 0) is 74.5 Å². The standard InChI is InChI=1S/C22H22ClF4N5O2/c1-12-28-10-17(30-12)19(33)29-11-21(34,22(25,26)27)18-9-14(20(2,3)32-23)8-16(31-18)13-4-6-15(24)7-5-13/h4-10,32,34H,11H2,1-3H3,(H,28,30)(H,29,33). The summed E-state index contributed by atoms with van der Waals surface area (Å²) in [6.45, 7) is 3.58. The molecule has 1 amide bonds. The first-order valence-corrected chi connectivity index (χ1v) is 10.4. The van der Waals surface area contributed by atoms with Crippen molar-refractivity contribution in [2.75, 3.05) is 6.54 Å². The van der Waals surface area contributed by atoms with Gasteiger partial charge in [0.2, 0.25) is 5.60 Å². The maximum atomic E-state index is 14.2. The van der Waals surface area contributed by atoms with E-state index in [2.05, 4.69) is 25.1 Å². The number of aliphatic hydroxyl groups is 1. The van der Waals surface area contributed by atoms with Crippen molar-refractivity contribution in [3.05, 3.63) is 71.2 Å². The molecule has 2 heterocycles. The summed E-state index contributed by atoms with van der Waals surface area (Å²) in [7, 11) is 0. The molecule has 2 aromatic heterocycles. The van der Waals surface area contributed by atoms with E-state index in [1.807, 2.05) is 0 Å². The van der Waals surface area contributed by atoms with Crippen LogP contribution in [0.4, 0.5) is 17.6 Å². The second-order valence-corrected chi connectivity index (χ2v) is 8.46. The van der Waals surface area contributed by atoms with Gasteiger partial charge in [-0.2, -0.15) is 13.2 Å². The molecule has 0 spiro atoms. The highest BCUT2D eigenvalue weighted by Crippen LogP contribution is 2.40. The van der Waals surface area contributed by atoms with Crippen LogP contribution >= 0.6 is 11.8 Å². The number of amides is 1. The number of hydrogen-bond acceptors (Lipinski definition) is 5. The Bertz CT molecular complexity index is 1180. The van der Waals surface area contributed by atoms with Crippen LogP contribution in [0.25, 0.3) is 11.3 Å². The molecule has 34 heavy (non-hydrogen) atoms. The third-order valence-corrected chi connectivity index (χ3v) is 5.74. The number of pyridine rings is 1. The van der Waals surface area contributed by atoms with Crippen molar-refractivity contribution in [1.29, 1.82) is 0 Å². The Balaban J connectivity index is 2.10. The molecule has 4 N–H and O–H groups in total. The fraction of sp³-hybridized carbons (Fsp3) is 0.318. The summed E-state index contributed by atoms with van der Waals surface area (Å²) in [6, 6.07) is 7.51. The van der Waals surface area contributed by atoms with Crippen molar-refractivity contribution < 1.29 is 27.5 Å². The molecule has 0 fully saturated rings. The van der Waals surface area contributed by atoms with E-state index in [1.54, 1.807) is 20.8 Å². The highest BCUT2D eigenvalue weighted by atomic mass is 35.5. The number of nitrogens with zero attached hydrogens (tertiary/aromatic N) is 2. The molecule has 3 rings (SSSR count). The maximum absolute atomic E-state index is 14.2.